The predicted molar refractivity (Wildman–Crippen MR) is 79.7 cm³/mol. The number of aromatic nitrogens is 2. The topological polar surface area (TPSA) is 78.1 Å². The minimum absolute atomic E-state index is 0.453. The van der Waals surface area contributed by atoms with E-state index < -0.39 is 11.8 Å². The quantitative estimate of drug-likeness (QED) is 0.784. The summed E-state index contributed by atoms with van der Waals surface area (Å²) in [4.78, 5) is 32.9. The number of carbonyl (C=O) groups is 2. The van der Waals surface area contributed by atoms with Crippen LogP contribution in [0.3, 0.4) is 0 Å². The molecule has 21 heavy (non-hydrogen) atoms. The number of hydrogen-bond acceptors (Lipinski definition) is 3. The molecule has 6 nitrogen and oxygen atoms in total. The molecule has 1 fully saturated rings. The first-order valence-electron chi connectivity index (χ1n) is 7.17. The molecule has 6 heteroatoms. The Morgan fingerprint density at radius 2 is 2.29 bits per heavy atom. The molecule has 0 radical (unpaired) electrons. The van der Waals surface area contributed by atoms with E-state index in [0.717, 1.165) is 23.9 Å². The zero-order valence-corrected chi connectivity index (χ0v) is 11.9. The summed E-state index contributed by atoms with van der Waals surface area (Å²) in [6, 6.07) is 5.31. The van der Waals surface area contributed by atoms with Gasteiger partial charge in [0.1, 0.15) is 0 Å². The molecule has 1 aliphatic rings. The van der Waals surface area contributed by atoms with Gasteiger partial charge in [0.05, 0.1) is 17.4 Å². The average Bonchev–Trinajstić information content (AvgIpc) is 2.94. The molecule has 1 aromatic carbocycles. The molecule has 110 valence electrons. The molecule has 2 aromatic rings. The minimum Gasteiger partial charge on any atom is -0.345 e. The maximum absolute atomic E-state index is 12.2. The van der Waals surface area contributed by atoms with Gasteiger partial charge in [0.25, 0.3) is 0 Å². The van der Waals surface area contributed by atoms with E-state index in [9.17, 15) is 9.59 Å². The number of likely N-dealkylation sites (tertiary alicyclic amines) is 1. The molecule has 1 saturated heterocycles. The summed E-state index contributed by atoms with van der Waals surface area (Å²) in [7, 11) is 0. The van der Waals surface area contributed by atoms with Crippen LogP contribution in [0.1, 0.15) is 19.8 Å². The van der Waals surface area contributed by atoms with Crippen LogP contribution in [0.4, 0.5) is 5.69 Å². The van der Waals surface area contributed by atoms with Crippen molar-refractivity contribution in [2.45, 2.75) is 19.8 Å². The SMILES string of the molecule is CC1CCCN(C(=O)C(=O)Nc2ccc3nc[nH]c3c2)C1. The molecule has 0 bridgehead atoms. The molecule has 1 aromatic heterocycles. The highest BCUT2D eigenvalue weighted by molar-refractivity contribution is 6.39. The molecular formula is C15H18N4O2. The van der Waals surface area contributed by atoms with Gasteiger partial charge >= 0.3 is 11.8 Å². The summed E-state index contributed by atoms with van der Waals surface area (Å²) < 4.78 is 0. The predicted octanol–water partition coefficient (Wildman–Crippen LogP) is 1.76. The van der Waals surface area contributed by atoms with Gasteiger partial charge in [0.2, 0.25) is 0 Å². The van der Waals surface area contributed by atoms with Gasteiger partial charge in [-0.3, -0.25) is 9.59 Å². The number of piperidine rings is 1. The highest BCUT2D eigenvalue weighted by atomic mass is 16.2. The van der Waals surface area contributed by atoms with Gasteiger partial charge in [0, 0.05) is 18.8 Å². The number of carbonyl (C=O) groups excluding carboxylic acids is 2. The van der Waals surface area contributed by atoms with Gasteiger partial charge in [0.15, 0.2) is 0 Å². The molecule has 0 aliphatic carbocycles. The maximum Gasteiger partial charge on any atom is 0.313 e. The summed E-state index contributed by atoms with van der Waals surface area (Å²) in [5.74, 6) is -0.578. The lowest BCUT2D eigenvalue weighted by molar-refractivity contribution is -0.144. The monoisotopic (exact) mass is 286 g/mol. The van der Waals surface area contributed by atoms with Gasteiger partial charge < -0.3 is 15.2 Å². The average molecular weight is 286 g/mol. The molecule has 1 aliphatic heterocycles. The number of nitrogens with zero attached hydrogens (tertiary/aromatic N) is 2. The van der Waals surface area contributed by atoms with Crippen molar-refractivity contribution in [3.05, 3.63) is 24.5 Å². The first kappa shape index (κ1) is 13.6. The first-order chi connectivity index (χ1) is 10.1. The second-order valence-corrected chi connectivity index (χ2v) is 5.59. The number of benzene rings is 1. The van der Waals surface area contributed by atoms with Crippen LogP contribution in [0.5, 0.6) is 0 Å². The molecule has 0 spiro atoms. The first-order valence-corrected chi connectivity index (χ1v) is 7.17. The highest BCUT2D eigenvalue weighted by Gasteiger charge is 2.26. The lowest BCUT2D eigenvalue weighted by atomic mass is 10.0. The van der Waals surface area contributed by atoms with Crippen LogP contribution in [0, 0.1) is 5.92 Å². The standard InChI is InChI=1S/C15H18N4O2/c1-10-3-2-6-19(8-10)15(21)14(20)18-11-4-5-12-13(7-11)17-9-16-12/h4-5,7,9-10H,2-3,6,8H2,1H3,(H,16,17)(H,18,20). The van der Waals surface area contributed by atoms with Crippen LogP contribution < -0.4 is 5.32 Å². The molecule has 2 amide bonds. The van der Waals surface area contributed by atoms with Crippen molar-refractivity contribution in [3.63, 3.8) is 0 Å². The third-order valence-corrected chi connectivity index (χ3v) is 3.82. The zero-order chi connectivity index (χ0) is 14.8. The van der Waals surface area contributed by atoms with Crippen molar-refractivity contribution in [2.24, 2.45) is 5.92 Å². The van der Waals surface area contributed by atoms with Crippen molar-refractivity contribution >= 4 is 28.5 Å². The normalized spacial score (nSPS) is 18.7. The fraction of sp³-hybridized carbons (Fsp3) is 0.400. The number of H-pyrrole nitrogens is 1. The van der Waals surface area contributed by atoms with Crippen LogP contribution in [-0.4, -0.2) is 39.8 Å². The van der Waals surface area contributed by atoms with E-state index in [4.69, 9.17) is 0 Å². The Hall–Kier alpha value is -2.37. The second kappa shape index (κ2) is 5.55. The number of fused-ring (bicyclic) bond motifs is 1. The largest absolute Gasteiger partial charge is 0.345 e. The molecule has 2 N–H and O–H groups in total. The Morgan fingerprint density at radius 1 is 1.43 bits per heavy atom. The molecule has 0 saturated carbocycles. The smallest absolute Gasteiger partial charge is 0.313 e. The summed E-state index contributed by atoms with van der Waals surface area (Å²) in [6.45, 7) is 3.42. The molecular weight excluding hydrogens is 268 g/mol. The van der Waals surface area contributed by atoms with Crippen molar-refractivity contribution in [3.8, 4) is 0 Å². The Kier molecular flexibility index (Phi) is 3.60. The van der Waals surface area contributed by atoms with Crippen LogP contribution in [-0.2, 0) is 9.59 Å². The van der Waals surface area contributed by atoms with Gasteiger partial charge in [-0.25, -0.2) is 4.98 Å². The van der Waals surface area contributed by atoms with E-state index in [1.807, 2.05) is 0 Å². The number of aromatic amines is 1. The number of anilines is 1. The van der Waals surface area contributed by atoms with E-state index in [-0.39, 0.29) is 0 Å². The molecule has 1 unspecified atom stereocenters. The highest BCUT2D eigenvalue weighted by Crippen LogP contribution is 2.17. The Morgan fingerprint density at radius 3 is 3.10 bits per heavy atom. The maximum atomic E-state index is 12.2. The Bertz CT molecular complexity index is 679. The van der Waals surface area contributed by atoms with Crippen molar-refractivity contribution in [1.29, 1.82) is 0 Å². The summed E-state index contributed by atoms with van der Waals surface area (Å²) >= 11 is 0. The fourth-order valence-corrected chi connectivity index (χ4v) is 2.72. The van der Waals surface area contributed by atoms with Crippen molar-refractivity contribution < 1.29 is 9.59 Å². The zero-order valence-electron chi connectivity index (χ0n) is 11.9. The van der Waals surface area contributed by atoms with Crippen LogP contribution in [0.2, 0.25) is 0 Å². The van der Waals surface area contributed by atoms with Gasteiger partial charge in [-0.05, 0) is 37.0 Å². The summed E-state index contributed by atoms with van der Waals surface area (Å²) in [5.41, 5.74) is 2.24. The lowest BCUT2D eigenvalue weighted by Crippen LogP contribution is -2.44. The molecule has 1 atom stereocenters. The van der Waals surface area contributed by atoms with E-state index in [0.29, 0.717) is 24.7 Å². The van der Waals surface area contributed by atoms with Crippen molar-refractivity contribution in [1.82, 2.24) is 14.9 Å². The number of imidazole rings is 1. The number of rotatable bonds is 1. The van der Waals surface area contributed by atoms with Crippen LogP contribution in [0.25, 0.3) is 11.0 Å². The van der Waals surface area contributed by atoms with Crippen molar-refractivity contribution in [2.75, 3.05) is 18.4 Å². The van der Waals surface area contributed by atoms with E-state index in [1.165, 1.54) is 0 Å². The molecule has 2 heterocycles. The molecule has 3 rings (SSSR count). The van der Waals surface area contributed by atoms with Gasteiger partial charge in [-0.15, -0.1) is 0 Å². The van der Waals surface area contributed by atoms with Crippen LogP contribution in [0.15, 0.2) is 24.5 Å². The number of nitrogens with one attached hydrogen (secondary N) is 2. The second-order valence-electron chi connectivity index (χ2n) is 5.59. The van der Waals surface area contributed by atoms with Gasteiger partial charge in [-0.1, -0.05) is 6.92 Å². The summed E-state index contributed by atoms with van der Waals surface area (Å²) in [5, 5.41) is 2.66. The lowest BCUT2D eigenvalue weighted by Gasteiger charge is -2.30. The number of hydrogen-bond donors (Lipinski definition) is 2. The van der Waals surface area contributed by atoms with Gasteiger partial charge in [-0.2, -0.15) is 0 Å². The Balaban J connectivity index is 1.68. The third kappa shape index (κ3) is 2.89. The van der Waals surface area contributed by atoms with E-state index in [1.54, 1.807) is 29.4 Å². The van der Waals surface area contributed by atoms with Crippen LogP contribution >= 0.6 is 0 Å². The minimum atomic E-state index is -0.581. The fourth-order valence-electron chi connectivity index (χ4n) is 2.72. The third-order valence-electron chi connectivity index (χ3n) is 3.82. The Labute approximate surface area is 122 Å². The summed E-state index contributed by atoms with van der Waals surface area (Å²) in [6.07, 6.45) is 3.67. The van der Waals surface area contributed by atoms with E-state index >= 15 is 0 Å². The number of amides is 2. The van der Waals surface area contributed by atoms with E-state index in [2.05, 4.69) is 22.2 Å².